The van der Waals surface area contributed by atoms with Gasteiger partial charge in [0.25, 0.3) is 0 Å². The molecule has 2 amide bonds. The largest absolute Gasteiger partial charge is 0.337 e. The molecule has 128 valence electrons. The Bertz CT molecular complexity index is 682. The lowest BCUT2D eigenvalue weighted by Crippen LogP contribution is -2.43. The molecule has 2 atom stereocenters. The average molecular weight is 345 g/mol. The fourth-order valence-corrected chi connectivity index (χ4v) is 4.10. The highest BCUT2D eigenvalue weighted by Crippen LogP contribution is 2.36. The Balaban J connectivity index is 1.57. The number of hydrogen-bond donors (Lipinski definition) is 2. The lowest BCUT2D eigenvalue weighted by molar-refractivity contribution is 0.237. The van der Waals surface area contributed by atoms with Crippen molar-refractivity contribution >= 4 is 17.8 Å². The number of amides is 2. The summed E-state index contributed by atoms with van der Waals surface area (Å²) in [6.45, 7) is 4.90. The molecular weight excluding hydrogens is 322 g/mol. The molecule has 1 aromatic carbocycles. The van der Waals surface area contributed by atoms with E-state index < -0.39 is 0 Å². The van der Waals surface area contributed by atoms with E-state index in [0.717, 1.165) is 17.7 Å². The van der Waals surface area contributed by atoms with Gasteiger partial charge in [0.15, 0.2) is 0 Å². The van der Waals surface area contributed by atoms with Crippen LogP contribution >= 0.6 is 11.8 Å². The van der Waals surface area contributed by atoms with Crippen molar-refractivity contribution in [3.8, 4) is 5.69 Å². The normalized spacial score (nSPS) is 21.4. The van der Waals surface area contributed by atoms with Gasteiger partial charge in [-0.25, -0.2) is 14.5 Å². The summed E-state index contributed by atoms with van der Waals surface area (Å²) < 4.78 is 1.88. The van der Waals surface area contributed by atoms with Crippen molar-refractivity contribution in [1.29, 1.82) is 0 Å². The van der Waals surface area contributed by atoms with Gasteiger partial charge in [-0.05, 0) is 50.1 Å². The Kier molecular flexibility index (Phi) is 5.08. The molecule has 0 aliphatic carbocycles. The third-order valence-electron chi connectivity index (χ3n) is 4.32. The van der Waals surface area contributed by atoms with Crippen LogP contribution in [0.1, 0.15) is 38.3 Å². The second-order valence-corrected chi connectivity index (χ2v) is 8.07. The number of thioether (sulfide) groups is 1. The van der Waals surface area contributed by atoms with Gasteiger partial charge in [0.05, 0.1) is 11.7 Å². The van der Waals surface area contributed by atoms with Crippen molar-refractivity contribution in [1.82, 2.24) is 25.4 Å². The predicted octanol–water partition coefficient (Wildman–Crippen LogP) is 2.91. The minimum Gasteiger partial charge on any atom is -0.337 e. The Morgan fingerprint density at radius 3 is 3.08 bits per heavy atom. The van der Waals surface area contributed by atoms with E-state index in [0.29, 0.717) is 6.54 Å². The Morgan fingerprint density at radius 2 is 2.38 bits per heavy atom. The standard InChI is InChI=1S/C17H23N5OS/c1-13(21-16(23)19-10-17(2)7-4-8-24-17)14-5-3-6-15(9-14)22-12-18-11-20-22/h3,5-6,9,11-13H,4,7-8,10H2,1-2H3,(H2,19,21,23). The van der Waals surface area contributed by atoms with Gasteiger partial charge in [0.1, 0.15) is 12.7 Å². The molecule has 0 saturated carbocycles. The molecule has 6 nitrogen and oxygen atoms in total. The van der Waals surface area contributed by atoms with E-state index in [9.17, 15) is 4.79 Å². The number of carbonyl (C=O) groups excluding carboxylic acids is 1. The first-order valence-electron chi connectivity index (χ1n) is 8.19. The van der Waals surface area contributed by atoms with Gasteiger partial charge in [-0.3, -0.25) is 0 Å². The molecule has 1 aliphatic heterocycles. The molecule has 1 saturated heterocycles. The fraction of sp³-hybridized carbons (Fsp3) is 0.471. The van der Waals surface area contributed by atoms with Crippen molar-refractivity contribution in [3.05, 3.63) is 42.5 Å². The van der Waals surface area contributed by atoms with Crippen LogP contribution in [-0.4, -0.2) is 37.8 Å². The first kappa shape index (κ1) is 16.8. The molecule has 1 fully saturated rings. The smallest absolute Gasteiger partial charge is 0.315 e. The summed E-state index contributed by atoms with van der Waals surface area (Å²) in [6.07, 6.45) is 5.55. The second-order valence-electron chi connectivity index (χ2n) is 6.39. The zero-order chi connectivity index (χ0) is 17.0. The molecule has 0 spiro atoms. The first-order chi connectivity index (χ1) is 11.6. The summed E-state index contributed by atoms with van der Waals surface area (Å²) in [5.74, 6) is 1.19. The number of carbonyl (C=O) groups is 1. The van der Waals surface area contributed by atoms with Crippen molar-refractivity contribution < 1.29 is 4.79 Å². The van der Waals surface area contributed by atoms with Gasteiger partial charge >= 0.3 is 6.03 Å². The van der Waals surface area contributed by atoms with Gasteiger partial charge < -0.3 is 10.6 Å². The molecule has 7 heteroatoms. The van der Waals surface area contributed by atoms with Gasteiger partial charge in [-0.15, -0.1) is 0 Å². The first-order valence-corrected chi connectivity index (χ1v) is 9.18. The van der Waals surface area contributed by atoms with Gasteiger partial charge in [0.2, 0.25) is 0 Å². The zero-order valence-corrected chi connectivity index (χ0v) is 14.8. The minimum atomic E-state index is -0.123. The van der Waals surface area contributed by atoms with Crippen molar-refractivity contribution in [2.75, 3.05) is 12.3 Å². The summed E-state index contributed by atoms with van der Waals surface area (Å²) in [7, 11) is 0. The number of nitrogens with one attached hydrogen (secondary N) is 2. The molecule has 2 N–H and O–H groups in total. The molecule has 2 heterocycles. The van der Waals surface area contributed by atoms with Crippen molar-refractivity contribution in [3.63, 3.8) is 0 Å². The van der Waals surface area contributed by atoms with Gasteiger partial charge in [0, 0.05) is 11.3 Å². The molecule has 1 aliphatic rings. The quantitative estimate of drug-likeness (QED) is 0.874. The Hall–Kier alpha value is -2.02. The van der Waals surface area contributed by atoms with E-state index in [4.69, 9.17) is 0 Å². The number of urea groups is 1. The van der Waals surface area contributed by atoms with E-state index in [1.165, 1.54) is 18.5 Å². The zero-order valence-electron chi connectivity index (χ0n) is 14.0. The van der Waals surface area contributed by atoms with Gasteiger partial charge in [-0.1, -0.05) is 12.1 Å². The second kappa shape index (κ2) is 7.25. The summed E-state index contributed by atoms with van der Waals surface area (Å²) >= 11 is 1.94. The summed E-state index contributed by atoms with van der Waals surface area (Å²) in [4.78, 5) is 16.1. The predicted molar refractivity (Wildman–Crippen MR) is 96.4 cm³/mol. The Morgan fingerprint density at radius 1 is 1.50 bits per heavy atom. The van der Waals surface area contributed by atoms with Crippen LogP contribution in [-0.2, 0) is 0 Å². The van der Waals surface area contributed by atoms with Crippen LogP contribution in [0, 0.1) is 0 Å². The lowest BCUT2D eigenvalue weighted by atomic mass is 10.1. The van der Waals surface area contributed by atoms with E-state index in [2.05, 4.69) is 27.6 Å². The van der Waals surface area contributed by atoms with E-state index in [1.54, 1.807) is 11.0 Å². The average Bonchev–Trinajstić information content (AvgIpc) is 3.25. The summed E-state index contributed by atoms with van der Waals surface area (Å²) in [5.41, 5.74) is 1.95. The van der Waals surface area contributed by atoms with Crippen LogP contribution < -0.4 is 10.6 Å². The minimum absolute atomic E-state index is 0.0856. The van der Waals surface area contributed by atoms with E-state index >= 15 is 0 Å². The number of rotatable bonds is 5. The third-order valence-corrected chi connectivity index (χ3v) is 5.86. The van der Waals surface area contributed by atoms with E-state index in [1.807, 2.05) is 43.0 Å². The molecule has 2 unspecified atom stereocenters. The number of nitrogens with zero attached hydrogens (tertiary/aromatic N) is 3. The maximum Gasteiger partial charge on any atom is 0.315 e. The molecule has 1 aromatic heterocycles. The number of hydrogen-bond acceptors (Lipinski definition) is 4. The molecular formula is C17H23N5OS. The van der Waals surface area contributed by atoms with Crippen LogP contribution in [0.2, 0.25) is 0 Å². The molecule has 0 bridgehead atoms. The van der Waals surface area contributed by atoms with Crippen LogP contribution in [0.5, 0.6) is 0 Å². The molecule has 0 radical (unpaired) electrons. The highest BCUT2D eigenvalue weighted by atomic mass is 32.2. The van der Waals surface area contributed by atoms with Gasteiger partial charge in [-0.2, -0.15) is 16.9 Å². The van der Waals surface area contributed by atoms with Crippen LogP contribution in [0.15, 0.2) is 36.9 Å². The SMILES string of the molecule is CC(NC(=O)NCC1(C)CCCS1)c1cccc(-n2cncn2)c1. The molecule has 3 rings (SSSR count). The number of aromatic nitrogens is 3. The lowest BCUT2D eigenvalue weighted by Gasteiger charge is -2.24. The summed E-state index contributed by atoms with van der Waals surface area (Å²) in [5, 5.41) is 10.1. The van der Waals surface area contributed by atoms with E-state index in [-0.39, 0.29) is 16.8 Å². The van der Waals surface area contributed by atoms with Crippen molar-refractivity contribution in [2.24, 2.45) is 0 Å². The summed E-state index contributed by atoms with van der Waals surface area (Å²) in [6, 6.07) is 7.72. The fourth-order valence-electron chi connectivity index (χ4n) is 2.85. The van der Waals surface area contributed by atoms with Crippen LogP contribution in [0.3, 0.4) is 0 Å². The Labute approximate surface area is 146 Å². The highest BCUT2D eigenvalue weighted by Gasteiger charge is 2.29. The van der Waals surface area contributed by atoms with Crippen LogP contribution in [0.25, 0.3) is 5.69 Å². The van der Waals surface area contributed by atoms with Crippen molar-refractivity contribution in [2.45, 2.75) is 37.5 Å². The number of benzene rings is 1. The third kappa shape index (κ3) is 4.08. The monoisotopic (exact) mass is 345 g/mol. The topological polar surface area (TPSA) is 71.8 Å². The molecule has 2 aromatic rings. The van der Waals surface area contributed by atoms with Crippen LogP contribution in [0.4, 0.5) is 4.79 Å². The highest BCUT2D eigenvalue weighted by molar-refractivity contribution is 8.00. The maximum atomic E-state index is 12.2. The molecule has 24 heavy (non-hydrogen) atoms. The maximum absolute atomic E-state index is 12.2.